The second-order valence-electron chi connectivity index (χ2n) is 2.81. The first kappa shape index (κ1) is 9.21. The predicted octanol–water partition coefficient (Wildman–Crippen LogP) is 1.14. The van der Waals surface area contributed by atoms with E-state index in [4.69, 9.17) is 5.11 Å². The molecule has 2 N–H and O–H groups in total. The predicted molar refractivity (Wildman–Crippen MR) is 50.6 cm³/mol. The van der Waals surface area contributed by atoms with Crippen LogP contribution >= 0.6 is 0 Å². The van der Waals surface area contributed by atoms with Gasteiger partial charge in [0, 0.05) is 5.92 Å². The number of nitrogens with zero attached hydrogens (tertiary/aromatic N) is 1. The molecule has 1 aromatic heterocycles. The molecule has 2 rings (SSSR count). The highest BCUT2D eigenvalue weighted by Crippen LogP contribution is 2.17. The second-order valence-corrected chi connectivity index (χ2v) is 2.81. The number of nitrogens with one attached hydrogen (secondary N) is 1. The molecule has 1 heterocycles. The Morgan fingerprint density at radius 1 is 1.53 bits per heavy atom. The lowest BCUT2D eigenvalue weighted by atomic mass is 10.1. The Balaban J connectivity index is 2.59. The number of carboxylic acid groups (broad SMARTS) is 1. The van der Waals surface area contributed by atoms with E-state index in [2.05, 4.69) is 16.1 Å². The van der Waals surface area contributed by atoms with Crippen molar-refractivity contribution in [3.8, 4) is 11.8 Å². The van der Waals surface area contributed by atoms with E-state index in [1.807, 2.05) is 5.92 Å². The van der Waals surface area contributed by atoms with Crippen LogP contribution in [-0.4, -0.2) is 21.3 Å². The highest BCUT2D eigenvalue weighted by Gasteiger charge is 2.06. The smallest absolute Gasteiger partial charge is 0.382 e. The zero-order valence-electron chi connectivity index (χ0n) is 7.41. The van der Waals surface area contributed by atoms with Gasteiger partial charge in [-0.3, -0.25) is 5.10 Å². The van der Waals surface area contributed by atoms with Crippen molar-refractivity contribution in [1.29, 1.82) is 0 Å². The van der Waals surface area contributed by atoms with Gasteiger partial charge in [0.2, 0.25) is 0 Å². The summed E-state index contributed by atoms with van der Waals surface area (Å²) in [7, 11) is 0. The molecule has 0 amide bonds. The molecule has 2 aromatic rings. The molecular formula is C10H5FN2O2. The van der Waals surface area contributed by atoms with Crippen LogP contribution in [0.25, 0.3) is 10.9 Å². The summed E-state index contributed by atoms with van der Waals surface area (Å²) >= 11 is 0. The Labute approximate surface area is 83.7 Å². The Morgan fingerprint density at radius 2 is 2.33 bits per heavy atom. The number of benzene rings is 1. The molecule has 0 atom stereocenters. The van der Waals surface area contributed by atoms with Gasteiger partial charge in [-0.1, -0.05) is 5.92 Å². The fourth-order valence-corrected chi connectivity index (χ4v) is 1.20. The van der Waals surface area contributed by atoms with Crippen LogP contribution in [0.4, 0.5) is 4.39 Å². The fourth-order valence-electron chi connectivity index (χ4n) is 1.20. The van der Waals surface area contributed by atoms with Gasteiger partial charge in [-0.05, 0) is 12.1 Å². The maximum absolute atomic E-state index is 13.6. The molecule has 74 valence electrons. The number of hydrogen-bond donors (Lipinski definition) is 2. The molecule has 0 unspecified atom stereocenters. The normalized spacial score (nSPS) is 9.67. The van der Waals surface area contributed by atoms with Gasteiger partial charge in [0.15, 0.2) is 0 Å². The summed E-state index contributed by atoms with van der Waals surface area (Å²) < 4.78 is 13.6. The molecule has 0 fully saturated rings. The van der Waals surface area contributed by atoms with Crippen LogP contribution < -0.4 is 0 Å². The van der Waals surface area contributed by atoms with Gasteiger partial charge in [-0.2, -0.15) is 5.10 Å². The molecule has 5 heteroatoms. The number of aromatic amines is 1. The topological polar surface area (TPSA) is 66.0 Å². The number of aliphatic carboxylic acids is 1. The molecule has 0 saturated heterocycles. The lowest BCUT2D eigenvalue weighted by Crippen LogP contribution is -1.89. The van der Waals surface area contributed by atoms with E-state index in [1.165, 1.54) is 12.3 Å². The molecule has 4 nitrogen and oxygen atoms in total. The Bertz CT molecular complexity index is 592. The number of fused-ring (bicyclic) bond motifs is 1. The summed E-state index contributed by atoms with van der Waals surface area (Å²) in [6, 6.07) is 3.00. The van der Waals surface area contributed by atoms with Crippen molar-refractivity contribution in [3.05, 3.63) is 29.7 Å². The Kier molecular flexibility index (Phi) is 2.10. The molecule has 1 aromatic carbocycles. The molecule has 0 saturated carbocycles. The van der Waals surface area contributed by atoms with Gasteiger partial charge in [-0.25, -0.2) is 9.18 Å². The van der Waals surface area contributed by atoms with E-state index in [0.29, 0.717) is 10.9 Å². The molecule has 0 aliphatic heterocycles. The van der Waals surface area contributed by atoms with E-state index < -0.39 is 11.8 Å². The van der Waals surface area contributed by atoms with Crippen LogP contribution in [-0.2, 0) is 4.79 Å². The summed E-state index contributed by atoms with van der Waals surface area (Å²) in [6.07, 6.45) is 1.33. The fraction of sp³-hybridized carbons (Fsp3) is 0. The third-order valence-electron chi connectivity index (χ3n) is 1.86. The van der Waals surface area contributed by atoms with Crippen molar-refractivity contribution < 1.29 is 14.3 Å². The monoisotopic (exact) mass is 204 g/mol. The summed E-state index contributed by atoms with van der Waals surface area (Å²) in [5.74, 6) is 2.23. The number of hydrogen-bond acceptors (Lipinski definition) is 2. The minimum atomic E-state index is -1.29. The Morgan fingerprint density at radius 3 is 3.07 bits per heavy atom. The second kappa shape index (κ2) is 3.42. The summed E-state index contributed by atoms with van der Waals surface area (Å²) in [4.78, 5) is 10.2. The highest BCUT2D eigenvalue weighted by atomic mass is 19.1. The maximum Gasteiger partial charge on any atom is 0.382 e. The van der Waals surface area contributed by atoms with E-state index >= 15 is 0 Å². The molecule has 0 radical (unpaired) electrons. The van der Waals surface area contributed by atoms with Gasteiger partial charge in [0.05, 0.1) is 22.7 Å². The minimum Gasteiger partial charge on any atom is -0.472 e. The van der Waals surface area contributed by atoms with Crippen LogP contribution in [0.2, 0.25) is 0 Å². The summed E-state index contributed by atoms with van der Waals surface area (Å²) in [6.45, 7) is 0. The lowest BCUT2D eigenvalue weighted by Gasteiger charge is -1.94. The standard InChI is InChI=1S/C10H5FN2O2/c11-10-6(2-4-9(14)15)1-3-8-7(10)5-12-13-8/h1,3,5H,(H,12,13)(H,14,15). The molecule has 0 spiro atoms. The van der Waals surface area contributed by atoms with Crippen molar-refractivity contribution in [2.24, 2.45) is 0 Å². The minimum absolute atomic E-state index is 0.0475. The van der Waals surface area contributed by atoms with Crippen LogP contribution in [0.3, 0.4) is 0 Å². The van der Waals surface area contributed by atoms with E-state index in [0.717, 1.165) is 0 Å². The number of carboxylic acids is 1. The van der Waals surface area contributed by atoms with E-state index in [9.17, 15) is 9.18 Å². The molecule has 0 aliphatic carbocycles. The van der Waals surface area contributed by atoms with Crippen LogP contribution in [0.5, 0.6) is 0 Å². The van der Waals surface area contributed by atoms with Gasteiger partial charge >= 0.3 is 5.97 Å². The van der Waals surface area contributed by atoms with Crippen molar-refractivity contribution in [2.45, 2.75) is 0 Å². The molecule has 0 bridgehead atoms. The third-order valence-corrected chi connectivity index (χ3v) is 1.86. The van der Waals surface area contributed by atoms with E-state index in [1.54, 1.807) is 6.07 Å². The first-order valence-corrected chi connectivity index (χ1v) is 4.05. The van der Waals surface area contributed by atoms with Gasteiger partial charge in [-0.15, -0.1) is 0 Å². The largest absolute Gasteiger partial charge is 0.472 e. The number of H-pyrrole nitrogens is 1. The SMILES string of the molecule is O=C(O)C#Cc1ccc2[nH]ncc2c1F. The third kappa shape index (κ3) is 1.65. The van der Waals surface area contributed by atoms with Crippen molar-refractivity contribution in [2.75, 3.05) is 0 Å². The summed E-state index contributed by atoms with van der Waals surface area (Å²) in [5, 5.41) is 14.9. The average molecular weight is 204 g/mol. The van der Waals surface area contributed by atoms with Crippen LogP contribution in [0.1, 0.15) is 5.56 Å². The summed E-state index contributed by atoms with van der Waals surface area (Å²) in [5.41, 5.74) is 0.597. The average Bonchev–Trinajstić information content (AvgIpc) is 2.65. The molecular weight excluding hydrogens is 199 g/mol. The lowest BCUT2D eigenvalue weighted by molar-refractivity contribution is -0.130. The van der Waals surface area contributed by atoms with Gasteiger partial charge in [0.25, 0.3) is 0 Å². The van der Waals surface area contributed by atoms with Gasteiger partial charge < -0.3 is 5.11 Å². The highest BCUT2D eigenvalue weighted by molar-refractivity contribution is 5.88. The number of aromatic nitrogens is 2. The van der Waals surface area contributed by atoms with E-state index in [-0.39, 0.29) is 5.56 Å². The van der Waals surface area contributed by atoms with Gasteiger partial charge in [0.1, 0.15) is 5.82 Å². The van der Waals surface area contributed by atoms with Crippen LogP contribution in [0.15, 0.2) is 18.3 Å². The van der Waals surface area contributed by atoms with Crippen molar-refractivity contribution in [1.82, 2.24) is 10.2 Å². The number of carbonyl (C=O) groups is 1. The quantitative estimate of drug-likeness (QED) is 0.632. The van der Waals surface area contributed by atoms with Crippen molar-refractivity contribution in [3.63, 3.8) is 0 Å². The zero-order valence-corrected chi connectivity index (χ0v) is 7.41. The first-order valence-electron chi connectivity index (χ1n) is 4.05. The Hall–Kier alpha value is -2.35. The maximum atomic E-state index is 13.6. The number of halogens is 1. The first-order chi connectivity index (χ1) is 7.18. The molecule has 0 aliphatic rings. The number of rotatable bonds is 0. The molecule has 15 heavy (non-hydrogen) atoms. The van der Waals surface area contributed by atoms with Crippen molar-refractivity contribution >= 4 is 16.9 Å². The zero-order chi connectivity index (χ0) is 10.8. The van der Waals surface area contributed by atoms with Crippen LogP contribution in [0, 0.1) is 17.7 Å².